The van der Waals surface area contributed by atoms with E-state index in [-0.39, 0.29) is 11.7 Å². The molecule has 0 saturated heterocycles. The third-order valence-electron chi connectivity index (χ3n) is 2.97. The highest BCUT2D eigenvalue weighted by atomic mass is 32.2. The summed E-state index contributed by atoms with van der Waals surface area (Å²) in [4.78, 5) is 29.5. The van der Waals surface area contributed by atoms with Crippen molar-refractivity contribution in [3.05, 3.63) is 40.4 Å². The molecule has 0 atom stereocenters. The molecule has 0 fully saturated rings. The largest absolute Gasteiger partial charge is 0.493 e. The number of thioether (sulfide) groups is 1. The Morgan fingerprint density at radius 1 is 1.30 bits per heavy atom. The van der Waals surface area contributed by atoms with Gasteiger partial charge in [0.1, 0.15) is 0 Å². The van der Waals surface area contributed by atoms with E-state index in [1.54, 1.807) is 25.3 Å². The zero-order valence-corrected chi connectivity index (χ0v) is 13.8. The SMILES string of the molecule is COc1ccc(NC(=O)CSc2[nH]c(=O)ncc2C)cc1OC. The Kier molecular flexibility index (Phi) is 5.64. The number of ether oxygens (including phenoxy) is 2. The molecule has 0 spiro atoms. The van der Waals surface area contributed by atoms with Gasteiger partial charge in [-0.1, -0.05) is 11.8 Å². The van der Waals surface area contributed by atoms with Crippen LogP contribution >= 0.6 is 11.8 Å². The van der Waals surface area contributed by atoms with Crippen LogP contribution in [-0.4, -0.2) is 35.8 Å². The summed E-state index contributed by atoms with van der Waals surface area (Å²) in [6.07, 6.45) is 1.48. The minimum absolute atomic E-state index is 0.162. The number of amides is 1. The lowest BCUT2D eigenvalue weighted by Crippen LogP contribution is -2.16. The number of benzene rings is 1. The lowest BCUT2D eigenvalue weighted by atomic mass is 10.2. The highest BCUT2D eigenvalue weighted by Gasteiger charge is 2.09. The Labute approximate surface area is 137 Å². The van der Waals surface area contributed by atoms with Crippen LogP contribution in [0.3, 0.4) is 0 Å². The molecule has 0 aliphatic heterocycles. The number of carbonyl (C=O) groups excluding carboxylic acids is 1. The summed E-state index contributed by atoms with van der Waals surface area (Å²) in [6, 6.07) is 5.12. The molecule has 7 nitrogen and oxygen atoms in total. The van der Waals surface area contributed by atoms with Gasteiger partial charge >= 0.3 is 5.69 Å². The number of H-pyrrole nitrogens is 1. The van der Waals surface area contributed by atoms with Gasteiger partial charge in [0.2, 0.25) is 5.91 Å². The molecule has 0 saturated carbocycles. The van der Waals surface area contributed by atoms with Crippen LogP contribution in [0.15, 0.2) is 34.2 Å². The first-order valence-corrected chi connectivity index (χ1v) is 7.72. The van der Waals surface area contributed by atoms with Gasteiger partial charge in [0.05, 0.1) is 25.0 Å². The maximum Gasteiger partial charge on any atom is 0.345 e. The minimum Gasteiger partial charge on any atom is -0.493 e. The topological polar surface area (TPSA) is 93.3 Å². The van der Waals surface area contributed by atoms with Gasteiger partial charge < -0.3 is 19.8 Å². The van der Waals surface area contributed by atoms with Crippen molar-refractivity contribution in [2.75, 3.05) is 25.3 Å². The number of nitrogens with zero attached hydrogens (tertiary/aromatic N) is 1. The molecule has 2 N–H and O–H groups in total. The monoisotopic (exact) mass is 335 g/mol. The van der Waals surface area contributed by atoms with Gasteiger partial charge in [-0.15, -0.1) is 0 Å². The number of aromatic nitrogens is 2. The third kappa shape index (κ3) is 4.49. The van der Waals surface area contributed by atoms with Gasteiger partial charge in [-0.2, -0.15) is 0 Å². The van der Waals surface area contributed by atoms with Crippen LogP contribution in [0.25, 0.3) is 0 Å². The molecule has 2 rings (SSSR count). The average molecular weight is 335 g/mol. The molecule has 0 unspecified atom stereocenters. The van der Waals surface area contributed by atoms with E-state index >= 15 is 0 Å². The number of anilines is 1. The fourth-order valence-corrected chi connectivity index (χ4v) is 2.63. The second kappa shape index (κ2) is 7.68. The van der Waals surface area contributed by atoms with E-state index in [1.165, 1.54) is 25.1 Å². The molecule has 23 heavy (non-hydrogen) atoms. The maximum absolute atomic E-state index is 12.0. The van der Waals surface area contributed by atoms with Crippen LogP contribution < -0.4 is 20.5 Å². The van der Waals surface area contributed by atoms with Crippen LogP contribution in [0.2, 0.25) is 0 Å². The van der Waals surface area contributed by atoms with E-state index in [0.29, 0.717) is 22.2 Å². The number of rotatable bonds is 6. The van der Waals surface area contributed by atoms with Gasteiger partial charge in [0.15, 0.2) is 11.5 Å². The maximum atomic E-state index is 12.0. The Bertz CT molecular complexity index is 761. The lowest BCUT2D eigenvalue weighted by molar-refractivity contribution is -0.113. The van der Waals surface area contributed by atoms with Crippen molar-refractivity contribution in [3.8, 4) is 11.5 Å². The standard InChI is InChI=1S/C15H17N3O4S/c1-9-7-16-15(20)18-14(9)23-8-13(19)17-10-4-5-11(21-2)12(6-10)22-3/h4-7H,8H2,1-3H3,(H,17,19)(H,16,18,20). The summed E-state index contributed by atoms with van der Waals surface area (Å²) in [5, 5.41) is 3.40. The Hall–Kier alpha value is -2.48. The molecule has 1 aromatic carbocycles. The van der Waals surface area contributed by atoms with Crippen molar-refractivity contribution < 1.29 is 14.3 Å². The van der Waals surface area contributed by atoms with Crippen LogP contribution in [0.4, 0.5) is 5.69 Å². The molecule has 1 amide bonds. The highest BCUT2D eigenvalue weighted by Crippen LogP contribution is 2.29. The summed E-state index contributed by atoms with van der Waals surface area (Å²) < 4.78 is 10.3. The first kappa shape index (κ1) is 16.9. The number of hydrogen-bond donors (Lipinski definition) is 2. The molecule has 1 aromatic heterocycles. The molecular formula is C15H17N3O4S. The first-order chi connectivity index (χ1) is 11.0. The fraction of sp³-hybridized carbons (Fsp3) is 0.267. The van der Waals surface area contributed by atoms with Crippen molar-refractivity contribution in [2.24, 2.45) is 0 Å². The summed E-state index contributed by atoms with van der Waals surface area (Å²) in [5.74, 6) is 1.09. The van der Waals surface area contributed by atoms with E-state index in [9.17, 15) is 9.59 Å². The highest BCUT2D eigenvalue weighted by molar-refractivity contribution is 8.00. The first-order valence-electron chi connectivity index (χ1n) is 6.74. The van der Waals surface area contributed by atoms with Gasteiger partial charge in [-0.3, -0.25) is 4.79 Å². The quantitative estimate of drug-likeness (QED) is 0.618. The van der Waals surface area contributed by atoms with Crippen LogP contribution in [-0.2, 0) is 4.79 Å². The Morgan fingerprint density at radius 2 is 2.04 bits per heavy atom. The predicted octanol–water partition coefficient (Wildman–Crippen LogP) is 1.83. The number of nitrogens with one attached hydrogen (secondary N) is 2. The zero-order valence-electron chi connectivity index (χ0n) is 13.0. The summed E-state index contributed by atoms with van der Waals surface area (Å²) in [7, 11) is 3.08. The number of methoxy groups -OCH3 is 2. The number of carbonyl (C=O) groups is 1. The molecule has 0 bridgehead atoms. The average Bonchev–Trinajstić information content (AvgIpc) is 2.55. The van der Waals surface area contributed by atoms with Crippen LogP contribution in [0, 0.1) is 6.92 Å². The van der Waals surface area contributed by atoms with Gasteiger partial charge in [-0.25, -0.2) is 9.78 Å². The third-order valence-corrected chi connectivity index (χ3v) is 4.09. The zero-order chi connectivity index (χ0) is 16.8. The van der Waals surface area contributed by atoms with E-state index < -0.39 is 5.69 Å². The summed E-state index contributed by atoms with van der Waals surface area (Å²) >= 11 is 1.24. The van der Waals surface area contributed by atoms with Crippen LogP contribution in [0.1, 0.15) is 5.56 Å². The van der Waals surface area contributed by atoms with Crippen molar-refractivity contribution in [3.63, 3.8) is 0 Å². The molecule has 0 aliphatic carbocycles. The number of aromatic amines is 1. The van der Waals surface area contributed by atoms with Crippen molar-refractivity contribution in [1.29, 1.82) is 0 Å². The van der Waals surface area contributed by atoms with Gasteiger partial charge in [-0.05, 0) is 24.6 Å². The van der Waals surface area contributed by atoms with Gasteiger partial charge in [0.25, 0.3) is 0 Å². The van der Waals surface area contributed by atoms with E-state index in [1.807, 2.05) is 6.92 Å². The normalized spacial score (nSPS) is 10.2. The Balaban J connectivity index is 1.99. The molecule has 122 valence electrons. The van der Waals surface area contributed by atoms with E-state index in [0.717, 1.165) is 5.56 Å². The summed E-state index contributed by atoms with van der Waals surface area (Å²) in [6.45, 7) is 1.82. The smallest absolute Gasteiger partial charge is 0.345 e. The predicted molar refractivity (Wildman–Crippen MR) is 88.5 cm³/mol. The van der Waals surface area contributed by atoms with E-state index in [4.69, 9.17) is 9.47 Å². The summed E-state index contributed by atoms with van der Waals surface area (Å²) in [5.41, 5.74) is 0.986. The van der Waals surface area contributed by atoms with Crippen molar-refractivity contribution in [2.45, 2.75) is 11.9 Å². The molecule has 8 heteroatoms. The molecular weight excluding hydrogens is 318 g/mol. The minimum atomic E-state index is -0.432. The van der Waals surface area contributed by atoms with Gasteiger partial charge in [0, 0.05) is 18.0 Å². The number of hydrogen-bond acceptors (Lipinski definition) is 6. The molecule has 1 heterocycles. The Morgan fingerprint density at radius 3 is 2.74 bits per heavy atom. The van der Waals surface area contributed by atoms with Crippen LogP contribution in [0.5, 0.6) is 11.5 Å². The lowest BCUT2D eigenvalue weighted by Gasteiger charge is -2.10. The second-order valence-electron chi connectivity index (χ2n) is 4.61. The second-order valence-corrected chi connectivity index (χ2v) is 5.59. The van der Waals surface area contributed by atoms with Crippen molar-refractivity contribution >= 4 is 23.4 Å². The number of aryl methyl sites for hydroxylation is 1. The van der Waals surface area contributed by atoms with Crippen molar-refractivity contribution in [1.82, 2.24) is 9.97 Å². The molecule has 0 radical (unpaired) electrons. The van der Waals surface area contributed by atoms with E-state index in [2.05, 4.69) is 15.3 Å². The molecule has 2 aromatic rings. The fourth-order valence-electron chi connectivity index (χ4n) is 1.84. The molecule has 0 aliphatic rings.